The van der Waals surface area contributed by atoms with Crippen molar-refractivity contribution in [1.82, 2.24) is 14.5 Å². The minimum atomic E-state index is -0.470. The highest BCUT2D eigenvalue weighted by atomic mass is 32.1. The number of hydrogen-bond donors (Lipinski definition) is 1. The van der Waals surface area contributed by atoms with Crippen LogP contribution in [0.5, 0.6) is 5.75 Å². The fraction of sp³-hybridized carbons (Fsp3) is 0.160. The summed E-state index contributed by atoms with van der Waals surface area (Å²) in [5, 5.41) is 3.16. The molecule has 0 spiro atoms. The molecule has 4 aromatic rings. The topological polar surface area (TPSA) is 82.3 Å². The normalized spacial score (nSPS) is 10.5. The summed E-state index contributed by atoms with van der Waals surface area (Å²) in [6.07, 6.45) is 0. The molecule has 0 aliphatic heterocycles. The number of nitrogens with one attached hydrogen (secondary N) is 1. The van der Waals surface area contributed by atoms with Crippen LogP contribution in [0.15, 0.2) is 70.3 Å². The van der Waals surface area contributed by atoms with E-state index in [9.17, 15) is 14.4 Å². The van der Waals surface area contributed by atoms with Crippen molar-refractivity contribution in [3.63, 3.8) is 0 Å². The number of carbonyl (C=O) groups is 1. The summed E-state index contributed by atoms with van der Waals surface area (Å²) >= 11 is 1.11. The molecule has 33 heavy (non-hydrogen) atoms. The second-order valence-electron chi connectivity index (χ2n) is 7.26. The molecule has 4 rings (SSSR count). The van der Waals surface area contributed by atoms with Crippen LogP contribution in [0.2, 0.25) is 0 Å². The van der Waals surface area contributed by atoms with E-state index in [2.05, 4.69) is 17.2 Å². The molecule has 0 atom stereocenters. The van der Waals surface area contributed by atoms with Gasteiger partial charge < -0.3 is 10.1 Å². The second kappa shape index (κ2) is 9.59. The van der Waals surface area contributed by atoms with Gasteiger partial charge in [-0.1, -0.05) is 42.2 Å². The van der Waals surface area contributed by atoms with Crippen molar-refractivity contribution in [3.05, 3.63) is 97.5 Å². The zero-order chi connectivity index (χ0) is 23.4. The molecule has 7 nitrogen and oxygen atoms in total. The van der Waals surface area contributed by atoms with Gasteiger partial charge in [-0.3, -0.25) is 14.2 Å². The van der Waals surface area contributed by atoms with Gasteiger partial charge in [-0.15, -0.1) is 11.3 Å². The molecule has 0 saturated carbocycles. The molecular formula is C25H21N3O4S. The van der Waals surface area contributed by atoms with Gasteiger partial charge in [0.1, 0.15) is 10.6 Å². The summed E-state index contributed by atoms with van der Waals surface area (Å²) < 4.78 is 7.60. The molecule has 2 aromatic heterocycles. The lowest BCUT2D eigenvalue weighted by Crippen LogP contribution is -2.38. The number of aryl methyl sites for hydroxylation is 1. The Hall–Kier alpha value is -4.09. The van der Waals surface area contributed by atoms with Crippen molar-refractivity contribution < 1.29 is 9.53 Å². The van der Waals surface area contributed by atoms with Crippen LogP contribution in [-0.2, 0) is 20.1 Å². The average molecular weight is 460 g/mol. The number of methoxy groups -OCH3 is 1. The van der Waals surface area contributed by atoms with Gasteiger partial charge in [-0.05, 0) is 35.9 Å². The van der Waals surface area contributed by atoms with Gasteiger partial charge in [0.05, 0.1) is 23.9 Å². The summed E-state index contributed by atoms with van der Waals surface area (Å²) in [6, 6.07) is 18.2. The van der Waals surface area contributed by atoms with Gasteiger partial charge in [-0.2, -0.15) is 0 Å². The van der Waals surface area contributed by atoms with Gasteiger partial charge in [0.25, 0.3) is 11.5 Å². The molecule has 0 aliphatic carbocycles. The van der Waals surface area contributed by atoms with Crippen molar-refractivity contribution >= 4 is 27.5 Å². The SMILES string of the molecule is COc1ccc(CNC(=O)c2cc3c(=O)n(CC#Cc4ccccc4)c(=O)n(C)c3s2)cc1. The maximum atomic E-state index is 13.0. The number of fused-ring (bicyclic) bond motifs is 1. The van der Waals surface area contributed by atoms with Crippen molar-refractivity contribution in [2.24, 2.45) is 7.05 Å². The summed E-state index contributed by atoms with van der Waals surface area (Å²) in [6.45, 7) is 0.292. The second-order valence-corrected chi connectivity index (χ2v) is 8.29. The van der Waals surface area contributed by atoms with Crippen molar-refractivity contribution in [3.8, 4) is 17.6 Å². The van der Waals surface area contributed by atoms with Gasteiger partial charge in [0.2, 0.25) is 0 Å². The Morgan fingerprint density at radius 1 is 1.09 bits per heavy atom. The minimum absolute atomic E-state index is 0.0365. The third-order valence-electron chi connectivity index (χ3n) is 5.09. The monoisotopic (exact) mass is 459 g/mol. The maximum Gasteiger partial charge on any atom is 0.332 e. The lowest BCUT2D eigenvalue weighted by Gasteiger charge is -2.05. The Morgan fingerprint density at radius 2 is 1.82 bits per heavy atom. The molecule has 1 amide bonds. The lowest BCUT2D eigenvalue weighted by atomic mass is 10.2. The molecular weight excluding hydrogens is 438 g/mol. The predicted molar refractivity (Wildman–Crippen MR) is 129 cm³/mol. The van der Waals surface area contributed by atoms with Crippen LogP contribution >= 0.6 is 11.3 Å². The van der Waals surface area contributed by atoms with E-state index in [0.717, 1.165) is 32.8 Å². The number of hydrogen-bond acceptors (Lipinski definition) is 5. The Bertz CT molecular complexity index is 1490. The quantitative estimate of drug-likeness (QED) is 0.466. The molecule has 0 bridgehead atoms. The Morgan fingerprint density at radius 3 is 2.52 bits per heavy atom. The van der Waals surface area contributed by atoms with Crippen LogP contribution in [0.3, 0.4) is 0 Å². The highest BCUT2D eigenvalue weighted by Gasteiger charge is 2.17. The average Bonchev–Trinajstić information content (AvgIpc) is 3.30. The molecule has 0 unspecified atom stereocenters. The summed E-state index contributed by atoms with van der Waals surface area (Å²) in [7, 11) is 3.18. The smallest absolute Gasteiger partial charge is 0.332 e. The molecule has 0 aliphatic rings. The third kappa shape index (κ3) is 4.73. The lowest BCUT2D eigenvalue weighted by molar-refractivity contribution is 0.0955. The minimum Gasteiger partial charge on any atom is -0.497 e. The van der Waals surface area contributed by atoms with E-state index in [1.807, 2.05) is 54.6 Å². The van der Waals surface area contributed by atoms with Gasteiger partial charge >= 0.3 is 5.69 Å². The fourth-order valence-corrected chi connectivity index (χ4v) is 4.31. The van der Waals surface area contributed by atoms with Gasteiger partial charge in [-0.25, -0.2) is 9.36 Å². The zero-order valence-electron chi connectivity index (χ0n) is 18.1. The number of nitrogens with zero attached hydrogens (tertiary/aromatic N) is 2. The first kappa shape index (κ1) is 22.1. The van der Waals surface area contributed by atoms with E-state index < -0.39 is 11.2 Å². The predicted octanol–water partition coefficient (Wildman–Crippen LogP) is 2.75. The first-order valence-corrected chi connectivity index (χ1v) is 11.0. The van der Waals surface area contributed by atoms with Crippen LogP contribution < -0.4 is 21.3 Å². The Labute approximate surface area is 193 Å². The van der Waals surface area contributed by atoms with Crippen LogP contribution in [0, 0.1) is 11.8 Å². The summed E-state index contributed by atoms with van der Waals surface area (Å²) in [4.78, 5) is 39.2. The molecule has 1 N–H and O–H groups in total. The molecule has 166 valence electrons. The summed E-state index contributed by atoms with van der Waals surface area (Å²) in [5.74, 6) is 6.26. The highest BCUT2D eigenvalue weighted by Crippen LogP contribution is 2.22. The number of amides is 1. The van der Waals surface area contributed by atoms with Gasteiger partial charge in [0, 0.05) is 19.2 Å². The van der Waals surface area contributed by atoms with Crippen molar-refractivity contribution in [2.45, 2.75) is 13.1 Å². The summed E-state index contributed by atoms with van der Waals surface area (Å²) in [5.41, 5.74) is 0.787. The van der Waals surface area contributed by atoms with E-state index >= 15 is 0 Å². The largest absolute Gasteiger partial charge is 0.497 e. The highest BCUT2D eigenvalue weighted by molar-refractivity contribution is 7.20. The van der Waals surface area contributed by atoms with Crippen LogP contribution in [0.1, 0.15) is 20.8 Å². The van der Waals surface area contributed by atoms with Crippen molar-refractivity contribution in [1.29, 1.82) is 0 Å². The number of ether oxygens (including phenoxy) is 1. The number of carbonyl (C=O) groups excluding carboxylic acids is 1. The molecule has 0 saturated heterocycles. The molecule has 0 fully saturated rings. The fourth-order valence-electron chi connectivity index (χ4n) is 3.29. The van der Waals surface area contributed by atoms with Gasteiger partial charge in [0.15, 0.2) is 0 Å². The molecule has 0 radical (unpaired) electrons. The Balaban J connectivity index is 1.57. The number of rotatable bonds is 5. The number of thiophene rings is 1. The first-order chi connectivity index (χ1) is 16.0. The van der Waals surface area contributed by atoms with Crippen LogP contribution in [-0.4, -0.2) is 22.2 Å². The van der Waals surface area contributed by atoms with Crippen LogP contribution in [0.4, 0.5) is 0 Å². The third-order valence-corrected chi connectivity index (χ3v) is 6.30. The van der Waals surface area contributed by atoms with Crippen LogP contribution in [0.25, 0.3) is 10.2 Å². The van der Waals surface area contributed by atoms with E-state index in [-0.39, 0.29) is 12.5 Å². The maximum absolute atomic E-state index is 13.0. The van der Waals surface area contributed by atoms with Crippen molar-refractivity contribution in [2.75, 3.05) is 7.11 Å². The first-order valence-electron chi connectivity index (χ1n) is 10.2. The Kier molecular flexibility index (Phi) is 6.43. The van der Waals surface area contributed by atoms with E-state index in [1.165, 1.54) is 10.6 Å². The van der Waals surface area contributed by atoms with E-state index in [1.54, 1.807) is 14.2 Å². The number of benzene rings is 2. The molecule has 2 heterocycles. The standard InChI is InChI=1S/C25H21N3O4S/c1-27-24-20(23(30)28(25(27)31)14-6-9-17-7-4-3-5-8-17)15-21(33-24)22(29)26-16-18-10-12-19(32-2)13-11-18/h3-5,7-8,10-13,15H,14,16H2,1-2H3,(H,26,29). The van der Waals surface area contributed by atoms with E-state index in [4.69, 9.17) is 4.74 Å². The molecule has 2 aromatic carbocycles. The van der Waals surface area contributed by atoms with E-state index in [0.29, 0.717) is 21.6 Å². The zero-order valence-corrected chi connectivity index (χ0v) is 18.9. The number of aromatic nitrogens is 2. The molecule has 8 heteroatoms.